The van der Waals surface area contributed by atoms with E-state index in [4.69, 9.17) is 4.74 Å². The summed E-state index contributed by atoms with van der Waals surface area (Å²) in [5.41, 5.74) is 1.35. The largest absolute Gasteiger partial charge is 0.494 e. The van der Waals surface area contributed by atoms with Gasteiger partial charge in [-0.2, -0.15) is 0 Å². The van der Waals surface area contributed by atoms with Gasteiger partial charge in [0.05, 0.1) is 6.61 Å². The molecule has 0 radical (unpaired) electrons. The molecule has 1 aromatic carbocycles. The van der Waals surface area contributed by atoms with Crippen LogP contribution in [0, 0.1) is 11.8 Å². The second kappa shape index (κ2) is 7.68. The van der Waals surface area contributed by atoms with Crippen LogP contribution in [-0.4, -0.2) is 12.6 Å². The zero-order valence-corrected chi connectivity index (χ0v) is 13.2. The zero-order chi connectivity index (χ0) is 14.4. The topological polar surface area (TPSA) is 21.3 Å². The molecule has 1 N–H and O–H groups in total. The summed E-state index contributed by atoms with van der Waals surface area (Å²) in [6, 6.07) is 9.22. The van der Waals surface area contributed by atoms with Crippen molar-refractivity contribution in [2.75, 3.05) is 6.61 Å². The Bertz CT molecular complexity index is 387. The maximum Gasteiger partial charge on any atom is 0.119 e. The molecule has 3 unspecified atom stereocenters. The van der Waals surface area contributed by atoms with Gasteiger partial charge in [0.25, 0.3) is 0 Å². The summed E-state index contributed by atoms with van der Waals surface area (Å²) in [5, 5.41) is 3.71. The lowest BCUT2D eigenvalue weighted by Crippen LogP contribution is -2.31. The predicted molar refractivity (Wildman–Crippen MR) is 85.0 cm³/mol. The van der Waals surface area contributed by atoms with E-state index in [-0.39, 0.29) is 0 Å². The van der Waals surface area contributed by atoms with E-state index >= 15 is 0 Å². The first-order valence-electron chi connectivity index (χ1n) is 8.15. The Morgan fingerprint density at radius 3 is 2.50 bits per heavy atom. The molecule has 20 heavy (non-hydrogen) atoms. The third-order valence-electron chi connectivity index (χ3n) is 4.72. The minimum absolute atomic E-state index is 0.686. The first kappa shape index (κ1) is 15.4. The van der Waals surface area contributed by atoms with Crippen LogP contribution in [0.2, 0.25) is 0 Å². The average Bonchev–Trinajstić information content (AvgIpc) is 2.78. The van der Waals surface area contributed by atoms with Gasteiger partial charge in [-0.05, 0) is 48.8 Å². The smallest absolute Gasteiger partial charge is 0.119 e. The summed E-state index contributed by atoms with van der Waals surface area (Å²) in [5.74, 6) is 2.65. The highest BCUT2D eigenvalue weighted by molar-refractivity contribution is 5.27. The third-order valence-corrected chi connectivity index (χ3v) is 4.72. The van der Waals surface area contributed by atoms with E-state index in [1.54, 1.807) is 0 Å². The molecule has 3 atom stereocenters. The monoisotopic (exact) mass is 275 g/mol. The molecular formula is C18H29NO. The normalized spacial score (nSPS) is 25.9. The van der Waals surface area contributed by atoms with Crippen molar-refractivity contribution in [3.63, 3.8) is 0 Å². The first-order chi connectivity index (χ1) is 9.70. The second-order valence-corrected chi connectivity index (χ2v) is 6.25. The van der Waals surface area contributed by atoms with Crippen LogP contribution >= 0.6 is 0 Å². The SMILES string of the molecule is CCCCOc1ccc(CNC2CCC(C)C2C)cc1. The van der Waals surface area contributed by atoms with Crippen LogP contribution in [0.4, 0.5) is 0 Å². The van der Waals surface area contributed by atoms with Crippen molar-refractivity contribution in [2.24, 2.45) is 11.8 Å². The number of nitrogens with one attached hydrogen (secondary N) is 1. The van der Waals surface area contributed by atoms with Gasteiger partial charge in [-0.1, -0.05) is 39.3 Å². The Morgan fingerprint density at radius 1 is 1.15 bits per heavy atom. The van der Waals surface area contributed by atoms with Crippen LogP contribution in [0.1, 0.15) is 52.0 Å². The minimum Gasteiger partial charge on any atom is -0.494 e. The Morgan fingerprint density at radius 2 is 1.90 bits per heavy atom. The Balaban J connectivity index is 1.76. The number of unbranched alkanes of at least 4 members (excludes halogenated alkanes) is 1. The highest BCUT2D eigenvalue weighted by Gasteiger charge is 2.28. The van der Waals surface area contributed by atoms with Gasteiger partial charge in [0.2, 0.25) is 0 Å². The van der Waals surface area contributed by atoms with Crippen molar-refractivity contribution in [3.8, 4) is 5.75 Å². The fourth-order valence-corrected chi connectivity index (χ4v) is 2.94. The van der Waals surface area contributed by atoms with Gasteiger partial charge in [-0.25, -0.2) is 0 Å². The molecule has 1 aromatic rings. The van der Waals surface area contributed by atoms with Crippen molar-refractivity contribution < 1.29 is 4.74 Å². The predicted octanol–water partition coefficient (Wildman–Crippen LogP) is 4.39. The lowest BCUT2D eigenvalue weighted by Gasteiger charge is -2.19. The van der Waals surface area contributed by atoms with Gasteiger partial charge >= 0.3 is 0 Å². The summed E-state index contributed by atoms with van der Waals surface area (Å²) < 4.78 is 5.69. The van der Waals surface area contributed by atoms with Crippen LogP contribution in [-0.2, 0) is 6.54 Å². The summed E-state index contributed by atoms with van der Waals surface area (Å²) in [6.45, 7) is 8.72. The van der Waals surface area contributed by atoms with Gasteiger partial charge < -0.3 is 10.1 Å². The maximum absolute atomic E-state index is 5.69. The van der Waals surface area contributed by atoms with Crippen LogP contribution in [0.3, 0.4) is 0 Å². The molecule has 0 spiro atoms. The molecule has 0 saturated heterocycles. The molecule has 1 saturated carbocycles. The highest BCUT2D eigenvalue weighted by atomic mass is 16.5. The van der Waals surface area contributed by atoms with Crippen molar-refractivity contribution >= 4 is 0 Å². The molecule has 2 rings (SSSR count). The zero-order valence-electron chi connectivity index (χ0n) is 13.2. The van der Waals surface area contributed by atoms with Crippen LogP contribution in [0.5, 0.6) is 5.75 Å². The van der Waals surface area contributed by atoms with E-state index < -0.39 is 0 Å². The van der Waals surface area contributed by atoms with E-state index in [9.17, 15) is 0 Å². The lowest BCUT2D eigenvalue weighted by atomic mass is 9.98. The van der Waals surface area contributed by atoms with E-state index in [1.807, 2.05) is 0 Å². The quantitative estimate of drug-likeness (QED) is 0.745. The summed E-state index contributed by atoms with van der Waals surface area (Å²) in [6.07, 6.45) is 4.99. The lowest BCUT2D eigenvalue weighted by molar-refractivity contribution is 0.309. The first-order valence-corrected chi connectivity index (χ1v) is 8.15. The number of benzene rings is 1. The van der Waals surface area contributed by atoms with Gasteiger partial charge in [-0.15, -0.1) is 0 Å². The van der Waals surface area contributed by atoms with Crippen molar-refractivity contribution in [3.05, 3.63) is 29.8 Å². The fraction of sp³-hybridized carbons (Fsp3) is 0.667. The molecule has 0 heterocycles. The van der Waals surface area contributed by atoms with E-state index in [2.05, 4.69) is 50.4 Å². The fourth-order valence-electron chi connectivity index (χ4n) is 2.94. The van der Waals surface area contributed by atoms with Gasteiger partial charge in [-0.3, -0.25) is 0 Å². The summed E-state index contributed by atoms with van der Waals surface area (Å²) in [4.78, 5) is 0. The van der Waals surface area contributed by atoms with E-state index in [1.165, 1.54) is 24.8 Å². The molecule has 0 bridgehead atoms. The molecule has 2 nitrogen and oxygen atoms in total. The number of rotatable bonds is 7. The highest BCUT2D eigenvalue weighted by Crippen LogP contribution is 2.31. The van der Waals surface area contributed by atoms with Gasteiger partial charge in [0, 0.05) is 12.6 Å². The Hall–Kier alpha value is -1.02. The molecule has 1 aliphatic carbocycles. The molecule has 0 amide bonds. The third kappa shape index (κ3) is 4.24. The number of hydrogen-bond acceptors (Lipinski definition) is 2. The minimum atomic E-state index is 0.686. The molecule has 0 aromatic heterocycles. The van der Waals surface area contributed by atoms with Crippen LogP contribution in [0.25, 0.3) is 0 Å². The van der Waals surface area contributed by atoms with E-state index in [0.717, 1.165) is 37.2 Å². The summed E-state index contributed by atoms with van der Waals surface area (Å²) >= 11 is 0. The van der Waals surface area contributed by atoms with Crippen molar-refractivity contribution in [1.82, 2.24) is 5.32 Å². The number of hydrogen-bond donors (Lipinski definition) is 1. The van der Waals surface area contributed by atoms with Crippen molar-refractivity contribution in [1.29, 1.82) is 0 Å². The molecule has 2 heteroatoms. The standard InChI is InChI=1S/C18H29NO/c1-4-5-12-20-17-9-7-16(8-10-17)13-19-18-11-6-14(2)15(18)3/h7-10,14-15,18-19H,4-6,11-13H2,1-3H3. The van der Waals surface area contributed by atoms with Gasteiger partial charge in [0.15, 0.2) is 0 Å². The Labute approximate surface area is 123 Å². The second-order valence-electron chi connectivity index (χ2n) is 6.25. The molecule has 0 aliphatic heterocycles. The number of ether oxygens (including phenoxy) is 1. The van der Waals surface area contributed by atoms with Gasteiger partial charge in [0.1, 0.15) is 5.75 Å². The average molecular weight is 275 g/mol. The molecular weight excluding hydrogens is 246 g/mol. The Kier molecular flexibility index (Phi) is 5.90. The van der Waals surface area contributed by atoms with E-state index in [0.29, 0.717) is 6.04 Å². The molecule has 1 aliphatic rings. The molecule has 112 valence electrons. The molecule has 1 fully saturated rings. The van der Waals surface area contributed by atoms with Crippen LogP contribution < -0.4 is 10.1 Å². The summed E-state index contributed by atoms with van der Waals surface area (Å²) in [7, 11) is 0. The maximum atomic E-state index is 5.69. The van der Waals surface area contributed by atoms with Crippen molar-refractivity contribution in [2.45, 2.75) is 59.0 Å². The van der Waals surface area contributed by atoms with Crippen LogP contribution in [0.15, 0.2) is 24.3 Å².